The summed E-state index contributed by atoms with van der Waals surface area (Å²) in [5.74, 6) is -0.641. The fourth-order valence-electron chi connectivity index (χ4n) is 9.37. The molecule has 1 heterocycles. The number of aromatic nitrogens is 1. The standard InChI is InChI=1S/C50H59F3N4O8S.C22H45NO9/c1-4-57(5-2)43-17-20-46(45(35-43)47-34-41(21-22-54-47)48(58)55-36-39-11-7-14-42(33-39)50(51,52)53)56-49(59)40-13-6-10-38(32-40)12-8-23-62-25-27-64-29-30-65-28-26-63-24-9-31-66(60,61)44-18-15-37(3)16-19-44;1-4-5-22(24)23(6-8-25-2)7-9-27-12-13-29-16-17-31-20-21-32-19-18-30-15-14-28-11-10-26-3/h6-7,10-11,13-22,32-35H,4-5,8-9,12,23-31,36H2,1-3H3,(H,55,58)(H,56,59);4-21H2,1-3H3. The summed E-state index contributed by atoms with van der Waals surface area (Å²) in [5.41, 5.74) is 4.63. The van der Waals surface area contributed by atoms with E-state index >= 15 is 0 Å². The highest BCUT2D eigenvalue weighted by Gasteiger charge is 2.30. The van der Waals surface area contributed by atoms with E-state index in [1.54, 1.807) is 55.5 Å². The largest absolute Gasteiger partial charge is 0.416 e. The van der Waals surface area contributed by atoms with Gasteiger partial charge in [-0.3, -0.25) is 19.4 Å². The number of pyridine rings is 1. The van der Waals surface area contributed by atoms with Crippen molar-refractivity contribution in [2.24, 2.45) is 0 Å². The minimum Gasteiger partial charge on any atom is -0.383 e. The first-order valence-corrected chi connectivity index (χ1v) is 35.2. The Morgan fingerprint density at radius 3 is 1.59 bits per heavy atom. The monoisotopic (exact) mass is 1400 g/mol. The second-order valence-electron chi connectivity index (χ2n) is 22.2. The van der Waals surface area contributed by atoms with Gasteiger partial charge in [-0.1, -0.05) is 48.9 Å². The quantitative estimate of drug-likeness (QED) is 0.0344. The van der Waals surface area contributed by atoms with Gasteiger partial charge >= 0.3 is 6.18 Å². The summed E-state index contributed by atoms with van der Waals surface area (Å²) in [4.78, 5) is 47.8. The summed E-state index contributed by atoms with van der Waals surface area (Å²) in [6, 6.07) is 27.8. The number of benzene rings is 4. The van der Waals surface area contributed by atoms with Gasteiger partial charge in [0.1, 0.15) is 0 Å². The summed E-state index contributed by atoms with van der Waals surface area (Å²) < 4.78 is 129. The van der Waals surface area contributed by atoms with Gasteiger partial charge < -0.3 is 77.3 Å². The van der Waals surface area contributed by atoms with E-state index in [4.69, 9.17) is 56.8 Å². The van der Waals surface area contributed by atoms with E-state index < -0.39 is 27.5 Å². The zero-order chi connectivity index (χ0) is 70.9. The van der Waals surface area contributed by atoms with Crippen molar-refractivity contribution in [3.63, 3.8) is 0 Å². The van der Waals surface area contributed by atoms with Crippen LogP contribution >= 0.6 is 0 Å². The Morgan fingerprint density at radius 2 is 1.04 bits per heavy atom. The molecule has 546 valence electrons. The molecule has 22 nitrogen and oxygen atoms in total. The SMILES string of the molecule is CCCC(=O)N(CCOC)CCOCCOCCOCCOCCOCCOCCOC.CCN(CC)c1ccc(NC(=O)c2cccc(CCCOCCOCCOCCOCCCS(=O)(=O)c3ccc(C)cc3)c2)c(-c2cc(C(=O)NCc3cccc(C(F)(F)F)c3)ccn2)c1. The predicted octanol–water partition coefficient (Wildman–Crippen LogP) is 9.97. The Bertz CT molecular complexity index is 3090. The molecule has 0 radical (unpaired) electrons. The zero-order valence-corrected chi connectivity index (χ0v) is 58.9. The summed E-state index contributed by atoms with van der Waals surface area (Å²) in [7, 11) is -0.0448. The average Bonchev–Trinajstić information content (AvgIpc) is 0.802. The number of nitrogens with zero attached hydrogens (tertiary/aromatic N) is 3. The number of halogens is 3. The molecule has 0 spiro atoms. The van der Waals surface area contributed by atoms with E-state index in [-0.39, 0.29) is 29.7 Å². The van der Waals surface area contributed by atoms with Crippen LogP contribution in [0.5, 0.6) is 0 Å². The van der Waals surface area contributed by atoms with Crippen molar-refractivity contribution in [2.45, 2.75) is 77.4 Å². The van der Waals surface area contributed by atoms with Gasteiger partial charge in [0.25, 0.3) is 11.8 Å². The molecule has 5 rings (SSSR count). The number of amides is 3. The van der Waals surface area contributed by atoms with Gasteiger partial charge in [-0.2, -0.15) is 13.2 Å². The van der Waals surface area contributed by atoms with Gasteiger partial charge in [0.05, 0.1) is 160 Å². The van der Waals surface area contributed by atoms with Gasteiger partial charge in [0, 0.05) is 95.2 Å². The Morgan fingerprint density at radius 1 is 0.531 bits per heavy atom. The highest BCUT2D eigenvalue weighted by atomic mass is 32.2. The van der Waals surface area contributed by atoms with Crippen LogP contribution in [-0.2, 0) is 90.6 Å². The molecule has 98 heavy (non-hydrogen) atoms. The van der Waals surface area contributed by atoms with Crippen LogP contribution in [0.4, 0.5) is 24.5 Å². The average molecular weight is 1400 g/mol. The molecular weight excluding hydrogens is 1300 g/mol. The zero-order valence-electron chi connectivity index (χ0n) is 58.1. The van der Waals surface area contributed by atoms with E-state index in [1.165, 1.54) is 24.4 Å². The van der Waals surface area contributed by atoms with Gasteiger partial charge in [0.15, 0.2) is 9.84 Å². The van der Waals surface area contributed by atoms with Gasteiger partial charge in [-0.05, 0) is 124 Å². The minimum absolute atomic E-state index is 0.0299. The van der Waals surface area contributed by atoms with Crippen LogP contribution in [-0.4, -0.2) is 228 Å². The number of ether oxygens (including phenoxy) is 12. The molecule has 3 amide bonds. The van der Waals surface area contributed by atoms with Crippen LogP contribution in [0, 0.1) is 6.92 Å². The van der Waals surface area contributed by atoms with Crippen LogP contribution in [0.15, 0.2) is 114 Å². The number of rotatable bonds is 53. The van der Waals surface area contributed by atoms with Crippen molar-refractivity contribution in [1.82, 2.24) is 15.2 Å². The highest BCUT2D eigenvalue weighted by molar-refractivity contribution is 7.91. The minimum atomic E-state index is -4.50. The Hall–Kier alpha value is -6.50. The Kier molecular flexibility index (Phi) is 43.5. The third-order valence-electron chi connectivity index (χ3n) is 14.7. The number of sulfone groups is 1. The van der Waals surface area contributed by atoms with Crippen molar-refractivity contribution in [3.05, 3.63) is 143 Å². The van der Waals surface area contributed by atoms with E-state index in [0.717, 1.165) is 54.9 Å². The number of methoxy groups -OCH3 is 2. The molecule has 26 heteroatoms. The molecule has 1 aromatic heterocycles. The number of anilines is 2. The molecule has 0 atom stereocenters. The molecule has 0 saturated carbocycles. The smallest absolute Gasteiger partial charge is 0.383 e. The van der Waals surface area contributed by atoms with E-state index in [2.05, 4.69) is 20.5 Å². The topological polar surface area (TPSA) is 240 Å². The lowest BCUT2D eigenvalue weighted by Crippen LogP contribution is -2.36. The van der Waals surface area contributed by atoms with Crippen molar-refractivity contribution < 1.29 is 92.8 Å². The molecule has 5 aromatic rings. The third kappa shape index (κ3) is 35.5. The third-order valence-corrected chi connectivity index (χ3v) is 16.5. The number of hydrogen-bond acceptors (Lipinski definition) is 19. The fraction of sp³-hybridized carbons (Fsp3) is 0.556. The first kappa shape index (κ1) is 83.9. The van der Waals surface area contributed by atoms with Gasteiger partial charge in [0.2, 0.25) is 5.91 Å². The maximum atomic E-state index is 13.7. The molecule has 0 aliphatic heterocycles. The van der Waals surface area contributed by atoms with Crippen LogP contribution in [0.2, 0.25) is 0 Å². The number of alkyl halides is 3. The van der Waals surface area contributed by atoms with Crippen molar-refractivity contribution in [1.29, 1.82) is 0 Å². The molecule has 0 unspecified atom stereocenters. The molecule has 0 aliphatic rings. The molecule has 0 saturated heterocycles. The maximum Gasteiger partial charge on any atom is 0.416 e. The number of hydrogen-bond donors (Lipinski definition) is 2. The number of carbonyl (C=O) groups excluding carboxylic acids is 3. The van der Waals surface area contributed by atoms with Crippen LogP contribution < -0.4 is 15.5 Å². The van der Waals surface area contributed by atoms with E-state index in [1.807, 2.05) is 64.1 Å². The number of nitrogens with one attached hydrogen (secondary N) is 2. The molecule has 4 aromatic carbocycles. The van der Waals surface area contributed by atoms with Crippen molar-refractivity contribution in [2.75, 3.05) is 202 Å². The van der Waals surface area contributed by atoms with Gasteiger partial charge in [-0.25, -0.2) is 8.42 Å². The van der Waals surface area contributed by atoms with Crippen LogP contribution in [0.25, 0.3) is 11.3 Å². The summed E-state index contributed by atoms with van der Waals surface area (Å²) in [6.45, 7) is 21.2. The lowest BCUT2D eigenvalue weighted by molar-refractivity contribution is -0.137. The Balaban J connectivity index is 0.000000537. The first-order chi connectivity index (χ1) is 47.5. The lowest BCUT2D eigenvalue weighted by atomic mass is 10.0. The Labute approximate surface area is 577 Å². The lowest BCUT2D eigenvalue weighted by Gasteiger charge is -2.23. The van der Waals surface area contributed by atoms with Crippen LogP contribution in [0.1, 0.15) is 89.4 Å². The first-order valence-electron chi connectivity index (χ1n) is 33.6. The normalized spacial score (nSPS) is 11.5. The molecule has 0 fully saturated rings. The maximum absolute atomic E-state index is 13.7. The molecule has 0 bridgehead atoms. The van der Waals surface area contributed by atoms with Crippen LogP contribution in [0.3, 0.4) is 0 Å². The second-order valence-corrected chi connectivity index (χ2v) is 24.3. The van der Waals surface area contributed by atoms with E-state index in [0.29, 0.717) is 211 Å². The molecule has 0 aliphatic carbocycles. The van der Waals surface area contributed by atoms with E-state index in [9.17, 15) is 36.0 Å². The summed E-state index contributed by atoms with van der Waals surface area (Å²) in [5, 5.41) is 5.74. The predicted molar refractivity (Wildman–Crippen MR) is 370 cm³/mol. The van der Waals surface area contributed by atoms with Crippen molar-refractivity contribution >= 4 is 38.9 Å². The van der Waals surface area contributed by atoms with Gasteiger partial charge in [-0.15, -0.1) is 0 Å². The molecule has 2 N–H and O–H groups in total. The number of aryl methyl sites for hydroxylation is 2. The number of carbonyl (C=O) groups is 3. The second kappa shape index (κ2) is 50.8. The fourth-order valence-corrected chi connectivity index (χ4v) is 10.7. The highest BCUT2D eigenvalue weighted by Crippen LogP contribution is 2.33. The molecular formula is C72H104F3N5O17S. The summed E-state index contributed by atoms with van der Waals surface area (Å²) >= 11 is 0. The van der Waals surface area contributed by atoms with Crippen molar-refractivity contribution in [3.8, 4) is 11.3 Å². The summed E-state index contributed by atoms with van der Waals surface area (Å²) in [6.07, 6.45) is 0.210.